The van der Waals surface area contributed by atoms with Crippen LogP contribution >= 0.6 is 11.6 Å². The summed E-state index contributed by atoms with van der Waals surface area (Å²) in [5.41, 5.74) is 2.80. The van der Waals surface area contributed by atoms with Crippen LogP contribution in [0, 0.1) is 0 Å². The quantitative estimate of drug-likeness (QED) is 0.601. The highest BCUT2D eigenvalue weighted by atomic mass is 35.5. The van der Waals surface area contributed by atoms with Gasteiger partial charge in [0.1, 0.15) is 5.82 Å². The van der Waals surface area contributed by atoms with Gasteiger partial charge in [0.15, 0.2) is 0 Å². The minimum absolute atomic E-state index is 0.252. The van der Waals surface area contributed by atoms with Gasteiger partial charge in [-0.3, -0.25) is 0 Å². The molecule has 1 heterocycles. The molecule has 0 saturated carbocycles. The number of urea groups is 1. The lowest BCUT2D eigenvalue weighted by Gasteiger charge is -2.13. The average molecular weight is 400 g/mol. The highest BCUT2D eigenvalue weighted by molar-refractivity contribution is 6.30. The summed E-state index contributed by atoms with van der Waals surface area (Å²) in [4.78, 5) is 19.1. The van der Waals surface area contributed by atoms with Crippen LogP contribution in [-0.2, 0) is 13.0 Å². The lowest BCUT2D eigenvalue weighted by molar-refractivity contribution is 0.252. The maximum absolute atomic E-state index is 12.1. The summed E-state index contributed by atoms with van der Waals surface area (Å²) in [6, 6.07) is 15.0. The van der Waals surface area contributed by atoms with Crippen LogP contribution in [0.5, 0.6) is 0 Å². The SMILES string of the molecule is CN(C)CCCn1c(CCNC(=O)Nc2cccc(Cl)c2)nc2ccccc21. The molecule has 0 radical (unpaired) electrons. The molecule has 2 N–H and O–H groups in total. The molecule has 0 saturated heterocycles. The van der Waals surface area contributed by atoms with Crippen LogP contribution in [0.25, 0.3) is 11.0 Å². The summed E-state index contributed by atoms with van der Waals surface area (Å²) >= 11 is 5.94. The molecule has 0 aliphatic rings. The van der Waals surface area contributed by atoms with Crippen LogP contribution in [0.3, 0.4) is 0 Å². The van der Waals surface area contributed by atoms with Crippen molar-refractivity contribution < 1.29 is 4.79 Å². The number of hydrogen-bond acceptors (Lipinski definition) is 3. The first-order valence-corrected chi connectivity index (χ1v) is 9.80. The Labute approximate surface area is 170 Å². The number of amides is 2. The summed E-state index contributed by atoms with van der Waals surface area (Å²) < 4.78 is 2.26. The van der Waals surface area contributed by atoms with E-state index >= 15 is 0 Å². The molecule has 28 heavy (non-hydrogen) atoms. The molecule has 0 bridgehead atoms. The number of anilines is 1. The number of nitrogens with one attached hydrogen (secondary N) is 2. The zero-order chi connectivity index (χ0) is 19.9. The van der Waals surface area contributed by atoms with Gasteiger partial charge in [-0.2, -0.15) is 0 Å². The molecule has 0 fully saturated rings. The van der Waals surface area contributed by atoms with E-state index in [1.165, 1.54) is 0 Å². The third-order valence-electron chi connectivity index (χ3n) is 4.44. The summed E-state index contributed by atoms with van der Waals surface area (Å²) in [6.45, 7) is 2.43. The number of fused-ring (bicyclic) bond motifs is 1. The first-order valence-electron chi connectivity index (χ1n) is 9.42. The lowest BCUT2D eigenvalue weighted by atomic mass is 10.3. The smallest absolute Gasteiger partial charge is 0.319 e. The molecule has 3 aromatic rings. The zero-order valence-electron chi connectivity index (χ0n) is 16.3. The number of para-hydroxylation sites is 2. The van der Waals surface area contributed by atoms with Crippen molar-refractivity contribution in [3.63, 3.8) is 0 Å². The number of rotatable bonds is 8. The number of hydrogen-bond donors (Lipinski definition) is 2. The number of aryl methyl sites for hydroxylation is 1. The molecule has 148 valence electrons. The van der Waals surface area contributed by atoms with Crippen LogP contribution in [0.4, 0.5) is 10.5 Å². The van der Waals surface area contributed by atoms with Crippen molar-refractivity contribution in [3.8, 4) is 0 Å². The Morgan fingerprint density at radius 1 is 1.18 bits per heavy atom. The molecule has 0 aliphatic heterocycles. The first kappa shape index (κ1) is 20.2. The van der Waals surface area contributed by atoms with Crippen molar-refractivity contribution in [1.82, 2.24) is 19.8 Å². The van der Waals surface area contributed by atoms with E-state index in [1.807, 2.05) is 18.2 Å². The lowest BCUT2D eigenvalue weighted by Crippen LogP contribution is -2.31. The van der Waals surface area contributed by atoms with Gasteiger partial charge in [0.25, 0.3) is 0 Å². The summed E-state index contributed by atoms with van der Waals surface area (Å²) in [6.07, 6.45) is 1.71. The van der Waals surface area contributed by atoms with Gasteiger partial charge in [-0.25, -0.2) is 9.78 Å². The Morgan fingerprint density at radius 3 is 2.79 bits per heavy atom. The van der Waals surface area contributed by atoms with Gasteiger partial charge < -0.3 is 20.1 Å². The number of halogens is 1. The summed E-state index contributed by atoms with van der Waals surface area (Å²) in [5, 5.41) is 6.27. The van der Waals surface area contributed by atoms with E-state index in [0.29, 0.717) is 23.7 Å². The zero-order valence-corrected chi connectivity index (χ0v) is 17.0. The van der Waals surface area contributed by atoms with Crippen LogP contribution < -0.4 is 10.6 Å². The molecule has 6 nitrogen and oxygen atoms in total. The normalized spacial score (nSPS) is 11.1. The van der Waals surface area contributed by atoms with E-state index in [0.717, 1.165) is 36.4 Å². The molecule has 0 unspecified atom stereocenters. The minimum atomic E-state index is -0.252. The second kappa shape index (κ2) is 9.57. The largest absolute Gasteiger partial charge is 0.337 e. The number of carbonyl (C=O) groups is 1. The van der Waals surface area contributed by atoms with Crippen molar-refractivity contribution >= 4 is 34.4 Å². The molecule has 0 atom stereocenters. The second-order valence-corrected chi connectivity index (χ2v) is 7.40. The fraction of sp³-hybridized carbons (Fsp3) is 0.333. The third kappa shape index (κ3) is 5.47. The van der Waals surface area contributed by atoms with Crippen LogP contribution in [-0.4, -0.2) is 47.7 Å². The number of benzene rings is 2. The van der Waals surface area contributed by atoms with E-state index in [-0.39, 0.29) is 6.03 Å². The Bertz CT molecular complexity index is 937. The highest BCUT2D eigenvalue weighted by Gasteiger charge is 2.11. The molecular weight excluding hydrogens is 374 g/mol. The molecule has 1 aromatic heterocycles. The van der Waals surface area contributed by atoms with Crippen LogP contribution in [0.2, 0.25) is 5.02 Å². The second-order valence-electron chi connectivity index (χ2n) is 6.97. The minimum Gasteiger partial charge on any atom is -0.337 e. The van der Waals surface area contributed by atoms with Crippen LogP contribution in [0.1, 0.15) is 12.2 Å². The predicted molar refractivity (Wildman–Crippen MR) is 115 cm³/mol. The van der Waals surface area contributed by atoms with E-state index < -0.39 is 0 Å². The van der Waals surface area contributed by atoms with Gasteiger partial charge in [-0.05, 0) is 57.4 Å². The molecule has 3 rings (SSSR count). The highest BCUT2D eigenvalue weighted by Crippen LogP contribution is 2.17. The third-order valence-corrected chi connectivity index (χ3v) is 4.67. The van der Waals surface area contributed by atoms with E-state index in [9.17, 15) is 4.79 Å². The topological polar surface area (TPSA) is 62.2 Å². The monoisotopic (exact) mass is 399 g/mol. The van der Waals surface area contributed by atoms with Gasteiger partial charge in [-0.1, -0.05) is 29.8 Å². The van der Waals surface area contributed by atoms with Gasteiger partial charge in [-0.15, -0.1) is 0 Å². The number of aromatic nitrogens is 2. The standard InChI is InChI=1S/C21H26ClN5O/c1-26(2)13-6-14-27-19-10-4-3-9-18(19)25-20(27)11-12-23-21(28)24-17-8-5-7-16(22)15-17/h3-5,7-10,15H,6,11-14H2,1-2H3,(H2,23,24,28). The summed E-state index contributed by atoms with van der Waals surface area (Å²) in [5.74, 6) is 0.989. The number of nitrogens with zero attached hydrogens (tertiary/aromatic N) is 3. The van der Waals surface area contributed by atoms with Crippen molar-refractivity contribution in [2.75, 3.05) is 32.5 Å². The molecule has 7 heteroatoms. The van der Waals surface area contributed by atoms with Crippen molar-refractivity contribution in [2.24, 2.45) is 0 Å². The molecular formula is C21H26ClN5O. The van der Waals surface area contributed by atoms with Gasteiger partial charge in [0.2, 0.25) is 0 Å². The number of carbonyl (C=O) groups excluding carboxylic acids is 1. The Kier molecular flexibility index (Phi) is 6.90. The molecule has 2 amide bonds. The van der Waals surface area contributed by atoms with E-state index in [1.54, 1.807) is 24.3 Å². The van der Waals surface area contributed by atoms with E-state index in [4.69, 9.17) is 16.6 Å². The van der Waals surface area contributed by atoms with Gasteiger partial charge in [0, 0.05) is 30.2 Å². The predicted octanol–water partition coefficient (Wildman–Crippen LogP) is 4.01. The molecule has 2 aromatic carbocycles. The molecule has 0 aliphatic carbocycles. The van der Waals surface area contributed by atoms with Crippen LogP contribution in [0.15, 0.2) is 48.5 Å². The van der Waals surface area contributed by atoms with Crippen molar-refractivity contribution in [1.29, 1.82) is 0 Å². The Hall–Kier alpha value is -2.57. The fourth-order valence-corrected chi connectivity index (χ4v) is 3.33. The maximum atomic E-state index is 12.1. The Balaban J connectivity index is 1.60. The average Bonchev–Trinajstić information content (AvgIpc) is 2.99. The molecule has 0 spiro atoms. The Morgan fingerprint density at radius 2 is 2.00 bits per heavy atom. The van der Waals surface area contributed by atoms with Gasteiger partial charge >= 0.3 is 6.03 Å². The van der Waals surface area contributed by atoms with Crippen molar-refractivity contribution in [3.05, 3.63) is 59.4 Å². The maximum Gasteiger partial charge on any atom is 0.319 e. The fourth-order valence-electron chi connectivity index (χ4n) is 3.14. The summed E-state index contributed by atoms with van der Waals surface area (Å²) in [7, 11) is 4.16. The van der Waals surface area contributed by atoms with E-state index in [2.05, 4.69) is 40.3 Å². The van der Waals surface area contributed by atoms with Crippen molar-refractivity contribution in [2.45, 2.75) is 19.4 Å². The first-order chi connectivity index (χ1) is 13.5. The number of imidazole rings is 1. The van der Waals surface area contributed by atoms with Gasteiger partial charge in [0.05, 0.1) is 11.0 Å².